The van der Waals surface area contributed by atoms with Crippen LogP contribution in [-0.2, 0) is 14.3 Å². The van der Waals surface area contributed by atoms with Gasteiger partial charge in [0.05, 0.1) is 7.11 Å². The summed E-state index contributed by atoms with van der Waals surface area (Å²) in [6.45, 7) is 3.80. The number of carbonyl (C=O) groups is 3. The Labute approximate surface area is 136 Å². The maximum absolute atomic E-state index is 13.0. The van der Waals surface area contributed by atoms with E-state index in [0.29, 0.717) is 12.8 Å². The van der Waals surface area contributed by atoms with Crippen molar-refractivity contribution in [3.8, 4) is 0 Å². The second-order valence-electron chi connectivity index (χ2n) is 6.59. The van der Waals surface area contributed by atoms with Crippen molar-refractivity contribution in [3.63, 3.8) is 0 Å². The summed E-state index contributed by atoms with van der Waals surface area (Å²) in [6.07, 6.45) is 3.36. The smallest absolute Gasteiger partial charge is 0.407 e. The summed E-state index contributed by atoms with van der Waals surface area (Å²) in [5.41, 5.74) is 0. The molecule has 2 amide bonds. The number of likely N-dealkylation sites (tertiary alicyclic amines) is 1. The highest BCUT2D eigenvalue weighted by atomic mass is 16.5. The van der Waals surface area contributed by atoms with Gasteiger partial charge in [-0.2, -0.15) is 0 Å². The van der Waals surface area contributed by atoms with E-state index in [1.165, 1.54) is 12.0 Å². The number of ether oxygens (including phenoxy) is 1. The van der Waals surface area contributed by atoms with E-state index in [-0.39, 0.29) is 23.8 Å². The molecule has 1 aliphatic carbocycles. The highest BCUT2D eigenvalue weighted by Crippen LogP contribution is 2.41. The van der Waals surface area contributed by atoms with Crippen LogP contribution in [0.4, 0.5) is 4.79 Å². The molecule has 5 atom stereocenters. The molecule has 7 heteroatoms. The third-order valence-electron chi connectivity index (χ3n) is 5.32. The largest absolute Gasteiger partial charge is 0.480 e. The number of hydrogen-bond donors (Lipinski definition) is 2. The minimum atomic E-state index is -0.964. The molecule has 0 aromatic carbocycles. The zero-order chi connectivity index (χ0) is 17.1. The van der Waals surface area contributed by atoms with Crippen molar-refractivity contribution in [2.24, 2.45) is 11.8 Å². The summed E-state index contributed by atoms with van der Waals surface area (Å²) < 4.78 is 4.61. The fourth-order valence-electron chi connectivity index (χ4n) is 3.86. The Balaban J connectivity index is 2.24. The van der Waals surface area contributed by atoms with Crippen molar-refractivity contribution >= 4 is 18.0 Å². The van der Waals surface area contributed by atoms with Gasteiger partial charge in [-0.25, -0.2) is 9.59 Å². The highest BCUT2D eigenvalue weighted by Gasteiger charge is 2.50. The minimum absolute atomic E-state index is 0.0189. The molecular formula is C16H26N2O5. The number of aliphatic carboxylic acids is 1. The molecule has 2 rings (SSSR count). The monoisotopic (exact) mass is 326 g/mol. The van der Waals surface area contributed by atoms with E-state index in [9.17, 15) is 19.5 Å². The van der Waals surface area contributed by atoms with Gasteiger partial charge in [0, 0.05) is 6.04 Å². The molecular weight excluding hydrogens is 300 g/mol. The Bertz CT molecular complexity index is 481. The van der Waals surface area contributed by atoms with Crippen LogP contribution in [0.2, 0.25) is 0 Å². The lowest BCUT2D eigenvalue weighted by Crippen LogP contribution is -2.56. The number of alkyl carbamates (subject to hydrolysis) is 1. The SMILES string of the molecule is CCC(C)C(NC(=O)OC)C(=O)N1[C@H](C(=O)O)C[C@@H]2CCC[C@@H]21. The summed E-state index contributed by atoms with van der Waals surface area (Å²) in [6, 6.07) is -1.56. The number of nitrogens with zero attached hydrogens (tertiary/aromatic N) is 1. The van der Waals surface area contributed by atoms with Gasteiger partial charge in [-0.1, -0.05) is 26.7 Å². The van der Waals surface area contributed by atoms with E-state index >= 15 is 0 Å². The van der Waals surface area contributed by atoms with Crippen LogP contribution in [0.5, 0.6) is 0 Å². The second kappa shape index (κ2) is 7.19. The first-order valence-corrected chi connectivity index (χ1v) is 8.30. The van der Waals surface area contributed by atoms with Gasteiger partial charge in [-0.3, -0.25) is 4.79 Å². The van der Waals surface area contributed by atoms with Gasteiger partial charge in [-0.15, -0.1) is 0 Å². The fraction of sp³-hybridized carbons (Fsp3) is 0.812. The number of nitrogens with one attached hydrogen (secondary N) is 1. The first kappa shape index (κ1) is 17.6. The summed E-state index contributed by atoms with van der Waals surface area (Å²) in [4.78, 5) is 37.7. The Kier molecular flexibility index (Phi) is 5.49. The fourth-order valence-corrected chi connectivity index (χ4v) is 3.86. The van der Waals surface area contributed by atoms with E-state index in [1.54, 1.807) is 0 Å². The van der Waals surface area contributed by atoms with Crippen molar-refractivity contribution in [2.45, 2.75) is 64.1 Å². The molecule has 23 heavy (non-hydrogen) atoms. The summed E-state index contributed by atoms with van der Waals surface area (Å²) in [5, 5.41) is 12.1. The number of amides is 2. The Hall–Kier alpha value is -1.79. The molecule has 2 aliphatic rings. The summed E-state index contributed by atoms with van der Waals surface area (Å²) in [5.74, 6) is -1.10. The van der Waals surface area contributed by atoms with Crippen LogP contribution in [0.1, 0.15) is 46.0 Å². The first-order chi connectivity index (χ1) is 10.9. The van der Waals surface area contributed by atoms with Crippen LogP contribution in [0.25, 0.3) is 0 Å². The van der Waals surface area contributed by atoms with Crippen molar-refractivity contribution in [3.05, 3.63) is 0 Å². The maximum atomic E-state index is 13.0. The molecule has 1 saturated heterocycles. The minimum Gasteiger partial charge on any atom is -0.480 e. The average Bonchev–Trinajstić information content (AvgIpc) is 3.11. The molecule has 2 unspecified atom stereocenters. The van der Waals surface area contributed by atoms with Crippen LogP contribution in [0, 0.1) is 11.8 Å². The van der Waals surface area contributed by atoms with Crippen molar-refractivity contribution in [2.75, 3.05) is 7.11 Å². The quantitative estimate of drug-likeness (QED) is 0.800. The first-order valence-electron chi connectivity index (χ1n) is 8.30. The number of fused-ring (bicyclic) bond motifs is 1. The number of carboxylic acid groups (broad SMARTS) is 1. The normalized spacial score (nSPS) is 28.8. The lowest BCUT2D eigenvalue weighted by molar-refractivity contribution is -0.151. The molecule has 0 aromatic rings. The van der Waals surface area contributed by atoms with Gasteiger partial charge in [0.1, 0.15) is 12.1 Å². The van der Waals surface area contributed by atoms with Crippen LogP contribution >= 0.6 is 0 Å². The van der Waals surface area contributed by atoms with Crippen LogP contribution in [0.3, 0.4) is 0 Å². The predicted molar refractivity (Wildman–Crippen MR) is 82.8 cm³/mol. The molecule has 2 fully saturated rings. The van der Waals surface area contributed by atoms with Gasteiger partial charge in [0.15, 0.2) is 0 Å². The predicted octanol–water partition coefficient (Wildman–Crippen LogP) is 1.61. The molecule has 1 heterocycles. The van der Waals surface area contributed by atoms with Crippen LogP contribution in [-0.4, -0.2) is 53.2 Å². The lowest BCUT2D eigenvalue weighted by Gasteiger charge is -2.33. The van der Waals surface area contributed by atoms with Crippen molar-refractivity contribution < 1.29 is 24.2 Å². The standard InChI is InChI=1S/C16H26N2O5/c1-4-9(2)13(17-16(22)23-3)14(19)18-11-7-5-6-10(11)8-12(18)15(20)21/h9-13H,4-8H2,1-3H3,(H,17,22)(H,20,21)/t9?,10-,11-,12-,13?/m0/s1. The Morgan fingerprint density at radius 2 is 2.04 bits per heavy atom. The molecule has 0 spiro atoms. The van der Waals surface area contributed by atoms with E-state index in [4.69, 9.17) is 0 Å². The maximum Gasteiger partial charge on any atom is 0.407 e. The molecule has 7 nitrogen and oxygen atoms in total. The van der Waals surface area contributed by atoms with Crippen LogP contribution < -0.4 is 5.32 Å². The number of carbonyl (C=O) groups excluding carboxylic acids is 2. The average molecular weight is 326 g/mol. The lowest BCUT2D eigenvalue weighted by atomic mass is 9.97. The third-order valence-corrected chi connectivity index (χ3v) is 5.32. The third kappa shape index (κ3) is 3.43. The Morgan fingerprint density at radius 1 is 1.35 bits per heavy atom. The number of hydrogen-bond acceptors (Lipinski definition) is 4. The molecule has 130 valence electrons. The van der Waals surface area contributed by atoms with Gasteiger partial charge in [-0.05, 0) is 31.1 Å². The molecule has 1 saturated carbocycles. The van der Waals surface area contributed by atoms with E-state index in [2.05, 4.69) is 10.1 Å². The van der Waals surface area contributed by atoms with E-state index in [1.807, 2.05) is 13.8 Å². The van der Waals surface area contributed by atoms with E-state index < -0.39 is 24.1 Å². The summed E-state index contributed by atoms with van der Waals surface area (Å²) in [7, 11) is 1.25. The molecule has 2 N–H and O–H groups in total. The Morgan fingerprint density at radius 3 is 2.61 bits per heavy atom. The number of methoxy groups -OCH3 is 1. The molecule has 0 bridgehead atoms. The zero-order valence-electron chi connectivity index (χ0n) is 13.9. The molecule has 1 aliphatic heterocycles. The van der Waals surface area contributed by atoms with Gasteiger partial charge < -0.3 is 20.1 Å². The second-order valence-corrected chi connectivity index (χ2v) is 6.59. The van der Waals surface area contributed by atoms with Gasteiger partial charge in [0.25, 0.3) is 0 Å². The zero-order valence-corrected chi connectivity index (χ0v) is 13.9. The van der Waals surface area contributed by atoms with Gasteiger partial charge in [0.2, 0.25) is 5.91 Å². The number of rotatable bonds is 5. The highest BCUT2D eigenvalue weighted by molar-refractivity contribution is 5.90. The topological polar surface area (TPSA) is 95.9 Å². The van der Waals surface area contributed by atoms with Crippen molar-refractivity contribution in [1.82, 2.24) is 10.2 Å². The van der Waals surface area contributed by atoms with E-state index in [0.717, 1.165) is 19.3 Å². The van der Waals surface area contributed by atoms with Crippen molar-refractivity contribution in [1.29, 1.82) is 0 Å². The number of carboxylic acids is 1. The summed E-state index contributed by atoms with van der Waals surface area (Å²) >= 11 is 0. The van der Waals surface area contributed by atoms with Crippen LogP contribution in [0.15, 0.2) is 0 Å². The molecule has 0 aromatic heterocycles. The van der Waals surface area contributed by atoms with Gasteiger partial charge >= 0.3 is 12.1 Å². The molecule has 0 radical (unpaired) electrons.